The number of phosphoric ester groups is 5. The molecule has 7 aliphatic rings. The zero-order valence-corrected chi connectivity index (χ0v) is 66.8. The average molecular weight is 1820 g/mol. The summed E-state index contributed by atoms with van der Waals surface area (Å²) in [4.78, 5) is 175. The molecule has 15 rings (SSSR count). The number of rotatable bonds is 21. The van der Waals surface area contributed by atoms with Crippen LogP contribution in [-0.4, -0.2) is 324 Å². The van der Waals surface area contributed by atoms with Gasteiger partial charge in [-0.15, -0.1) is 0 Å². The summed E-state index contributed by atoms with van der Waals surface area (Å²) in [6.07, 6.45) is -18.0. The van der Waals surface area contributed by atoms with Gasteiger partial charge in [0.15, 0.2) is 70.8 Å². The van der Waals surface area contributed by atoms with Crippen molar-refractivity contribution >= 4 is 114 Å². The van der Waals surface area contributed by atoms with E-state index in [9.17, 15) is 93.1 Å². The number of nitrogen functional groups attached to an aromatic ring is 2. The number of imidazole rings is 3. The summed E-state index contributed by atoms with van der Waals surface area (Å²) in [5.74, 6) is 0.213. The van der Waals surface area contributed by atoms with Crippen molar-refractivity contribution in [3.8, 4) is 5.88 Å². The van der Waals surface area contributed by atoms with Crippen molar-refractivity contribution in [1.82, 2.24) is 67.7 Å². The molecule has 63 heteroatoms. The molecule has 666 valence electrons. The Morgan fingerprint density at radius 2 is 0.917 bits per heavy atom. The highest BCUT2D eigenvalue weighted by Crippen LogP contribution is 2.45. The molecular weight excluding hydrogens is 1740 g/mol. The van der Waals surface area contributed by atoms with Crippen molar-refractivity contribution in [2.24, 2.45) is 12.0 Å². The number of nitrogens with two attached hydrogens (primary N) is 2. The molecule has 0 radical (unpaired) electrons. The van der Waals surface area contributed by atoms with E-state index in [0.717, 1.165) is 9.47 Å². The molecule has 0 spiro atoms. The fourth-order valence-corrected chi connectivity index (χ4v) is 14.6. The van der Waals surface area contributed by atoms with Gasteiger partial charge in [0, 0.05) is 43.2 Å². The Hall–Kier alpha value is -8.16. The molecule has 0 aromatic carbocycles. The maximum Gasteiger partial charge on any atom is 0.469 e. The number of nitrogens with one attached hydrogen (secondary N) is 1. The second-order valence-electron chi connectivity index (χ2n) is 26.9. The second-order valence-corrected chi connectivity index (χ2v) is 33.1. The number of aliphatic imine (C=N–C) groups is 1. The van der Waals surface area contributed by atoms with Crippen molar-refractivity contribution < 1.29 is 183 Å². The number of pyridine rings is 1. The van der Waals surface area contributed by atoms with Crippen LogP contribution in [0.15, 0.2) is 58.1 Å². The lowest BCUT2D eigenvalue weighted by atomic mass is 10.1. The standard InChI is InChI=1S/C12H17N4O8P.C12H16N3O9P.C12H16N3O7P.C11H16N5O8P.C11H14N3O8P/c1-5-14-10-7(11(15-5)22-2)13-4-16(10)12-9(18)8(17)6(24-12)3-23-25(19,20)21;1-4-13-10-5(11(19)14-4)2-7(16)15(10)12-9(18)8(17)6(24-12)3-23-25(20,21)22;13-7-1-3-14-11-6(7)2-4-15(11)12-10(17)9(16)8(22-12)5-21-23(18,19)20;1-15-9(19)5-8(14-11(15)12)16(3-13-5)10-7(18)6(17)4(24-10)2-23-25(20,21)22;15-5-1-2-12-10-7(5)13-4-14(10)11-9(17)8(16)6(22-11)3-21-23(18,19)20/h4,6,8-9,12,17-18H,3H2,1-2H3,(H2,19,20,21);6,8-9,12,17-18H,2-3H2,1H3,(H,13,14,19)(H2,20,21,22);1-4,8-10,12,16-17H,5H2,(H2,13,14)(H2,18,19,20);3-4,6-7,10,17-18H,2H2,1H3,(H2,12,14)(H2,20,21,22);2,4,6,8-9,11,16-17H,1,3H2,(H2,18,19,20)/t2*6-,8-,9-,12-;8-,9-,10-,12-;4-,6-,7-,10-;6-,8-,9-,11-/m11111/s1. The minimum atomic E-state index is -4.80. The minimum absolute atomic E-state index is 0.0130. The molecule has 121 heavy (non-hydrogen) atoms. The Bertz CT molecular complexity index is 5530. The van der Waals surface area contributed by atoms with E-state index in [2.05, 4.69) is 72.5 Å². The van der Waals surface area contributed by atoms with Crippen LogP contribution in [0.2, 0.25) is 0 Å². The van der Waals surface area contributed by atoms with Gasteiger partial charge in [0.2, 0.25) is 17.7 Å². The molecule has 7 aliphatic heterocycles. The molecule has 5 saturated heterocycles. The number of aromatic amines is 1. The number of H-pyrrole nitrogens is 1. The van der Waals surface area contributed by atoms with Crippen LogP contribution in [-0.2, 0) is 87.4 Å². The quantitative estimate of drug-likeness (QED) is 0.0297. The summed E-state index contributed by atoms with van der Waals surface area (Å²) in [6.45, 7) is 0.0460. The summed E-state index contributed by atoms with van der Waals surface area (Å²) in [6, 6.07) is 3.32. The highest BCUT2D eigenvalue weighted by atomic mass is 31.2. The van der Waals surface area contributed by atoms with Crippen LogP contribution in [0.3, 0.4) is 0 Å². The highest BCUT2D eigenvalue weighted by Gasteiger charge is 2.53. The van der Waals surface area contributed by atoms with E-state index in [0.29, 0.717) is 33.7 Å². The monoisotopic (exact) mass is 1820 g/mol. The molecule has 15 heterocycles. The normalized spacial score (nSPS) is 28.5. The number of hydrogen-bond acceptors (Lipinski definition) is 41. The van der Waals surface area contributed by atoms with Gasteiger partial charge in [0.25, 0.3) is 11.1 Å². The second kappa shape index (κ2) is 36.9. The number of fused-ring (bicyclic) bond motifs is 5. The molecule has 25 N–H and O–H groups in total. The number of aliphatic hydroxyl groups is 10. The third-order valence-electron chi connectivity index (χ3n) is 18.7. The Morgan fingerprint density at radius 1 is 0.504 bits per heavy atom. The van der Waals surface area contributed by atoms with Crippen LogP contribution in [0.5, 0.6) is 5.88 Å². The Kier molecular flexibility index (Phi) is 28.6. The minimum Gasteiger partial charge on any atom is -0.479 e. The fourth-order valence-electron chi connectivity index (χ4n) is 12.9. The summed E-state index contributed by atoms with van der Waals surface area (Å²) in [5.41, 5.74) is 12.4. The van der Waals surface area contributed by atoms with E-state index in [1.165, 1.54) is 70.7 Å². The molecule has 0 aliphatic carbocycles. The molecule has 5 fully saturated rings. The van der Waals surface area contributed by atoms with Gasteiger partial charge in [-0.2, -0.15) is 9.97 Å². The van der Waals surface area contributed by atoms with Crippen LogP contribution >= 0.6 is 39.1 Å². The van der Waals surface area contributed by atoms with Crippen molar-refractivity contribution in [2.45, 2.75) is 149 Å². The SMILES string of the molecule is COc1nc(C)nc2c1ncn2[C@@H]1O[C@H](COP(=O)(O)O)[C@@H](O)[C@H]1O.Cc1nc2c(c(=O)[nH]1)CC(=O)N2[C@@H]1O[C@H](COP(=O)(O)O)[C@@H](O)[C@H]1O.Cn1c(N)nc2c(ncn2[C@@H]2O[C@H](COP(=O)(O)O)[C@@H](O)[C@H]2O)c1=O.Nc1ccnc2c1ccn2[C@@H]1O[C@H](COP(=O)(O)O)[C@@H](O)[C@H]1O.O=C1CC=Nc2c1ncn2[C@@H]1O[C@H](COP(=O)(O)O)[C@@H](O)[C@H]1O. The molecule has 58 nitrogen and oxygen atoms in total. The largest absolute Gasteiger partial charge is 0.479 e. The maximum atomic E-state index is 12.3. The van der Waals surface area contributed by atoms with Gasteiger partial charge in [-0.05, 0) is 26.0 Å². The van der Waals surface area contributed by atoms with Gasteiger partial charge < -0.3 is 149 Å². The predicted molar refractivity (Wildman–Crippen MR) is 392 cm³/mol. The zero-order valence-electron chi connectivity index (χ0n) is 62.3. The predicted octanol–water partition coefficient (Wildman–Crippen LogP) is -7.92. The number of aliphatic hydroxyl groups excluding tert-OH is 10. The fraction of sp³-hybridized carbons (Fsp3) is 0.534. The van der Waals surface area contributed by atoms with Crippen molar-refractivity contribution in [3.05, 3.63) is 87.1 Å². The first kappa shape index (κ1) is 93.5. The van der Waals surface area contributed by atoms with E-state index in [4.69, 9.17) is 88.8 Å². The Labute approximate surface area is 673 Å². The summed E-state index contributed by atoms with van der Waals surface area (Å²) in [7, 11) is -20.9. The van der Waals surface area contributed by atoms with E-state index >= 15 is 0 Å². The van der Waals surface area contributed by atoms with Crippen LogP contribution in [0, 0.1) is 13.8 Å². The molecular formula is C58H79N18O40P5. The number of anilines is 3. The lowest BCUT2D eigenvalue weighted by molar-refractivity contribution is -0.121. The van der Waals surface area contributed by atoms with Crippen LogP contribution in [0.4, 0.5) is 23.3 Å². The van der Waals surface area contributed by atoms with Crippen LogP contribution in [0.25, 0.3) is 33.4 Å². The smallest absolute Gasteiger partial charge is 0.469 e. The molecule has 0 saturated carbocycles. The third kappa shape index (κ3) is 21.3. The van der Waals surface area contributed by atoms with Crippen molar-refractivity contribution in [1.29, 1.82) is 0 Å². The third-order valence-corrected chi connectivity index (χ3v) is 21.1. The zero-order chi connectivity index (χ0) is 88.9. The van der Waals surface area contributed by atoms with Crippen molar-refractivity contribution in [2.75, 3.05) is 56.5 Å². The number of hydrogen-bond donors (Lipinski definition) is 23. The van der Waals surface area contributed by atoms with Gasteiger partial charge in [0.05, 0.1) is 71.1 Å². The number of methoxy groups -OCH3 is 1. The van der Waals surface area contributed by atoms with Gasteiger partial charge in [-0.1, -0.05) is 0 Å². The topological polar surface area (TPSA) is 871 Å². The first-order chi connectivity index (χ1) is 56.4. The number of phosphoric acid groups is 5. The first-order valence-corrected chi connectivity index (χ1v) is 42.4. The van der Waals surface area contributed by atoms with Crippen molar-refractivity contribution in [3.63, 3.8) is 0 Å². The first-order valence-electron chi connectivity index (χ1n) is 34.7. The highest BCUT2D eigenvalue weighted by molar-refractivity contribution is 7.47. The van der Waals surface area contributed by atoms with Gasteiger partial charge in [-0.25, -0.2) is 57.7 Å². The number of ether oxygens (including phenoxy) is 6. The molecule has 8 aromatic rings. The van der Waals surface area contributed by atoms with E-state index in [1.807, 2.05) is 0 Å². The number of Topliss-reactive ketones (excluding diaryl/α,β-unsaturated/α-hetero) is 1. The maximum absolute atomic E-state index is 12.3. The van der Waals surface area contributed by atoms with Gasteiger partial charge in [-0.3, -0.25) is 65.0 Å². The summed E-state index contributed by atoms with van der Waals surface area (Å²) < 4.78 is 114. The average Bonchev–Trinajstić information content (AvgIpc) is 1.61. The molecule has 8 aromatic heterocycles. The number of amides is 1. The summed E-state index contributed by atoms with van der Waals surface area (Å²) in [5, 5.41) is 101. The number of ketones is 1. The number of nitrogens with zero attached hydrogens (tertiary/aromatic N) is 15. The molecule has 0 unspecified atom stereocenters. The number of carbonyl (C=O) groups excluding carboxylic acids is 2. The van der Waals surface area contributed by atoms with E-state index in [-0.39, 0.29) is 70.3 Å². The Morgan fingerprint density at radius 3 is 1.37 bits per heavy atom. The molecule has 20 atom stereocenters. The molecule has 0 bridgehead atoms. The number of carbonyl (C=O) groups is 2. The van der Waals surface area contributed by atoms with Crippen LogP contribution in [0.1, 0.15) is 59.0 Å². The van der Waals surface area contributed by atoms with Gasteiger partial charge >= 0.3 is 39.1 Å². The lowest BCUT2D eigenvalue weighted by Crippen LogP contribution is -2.46. The number of aromatic nitrogens is 14. The molecule has 1 amide bonds. The summed E-state index contributed by atoms with van der Waals surface area (Å²) >= 11 is 0. The lowest BCUT2D eigenvalue weighted by Gasteiger charge is -2.26. The van der Waals surface area contributed by atoms with E-state index < -0.39 is 212 Å². The van der Waals surface area contributed by atoms with E-state index in [1.54, 1.807) is 25.3 Å². The van der Waals surface area contributed by atoms with Gasteiger partial charge in [0.1, 0.15) is 115 Å². The number of aryl methyl sites for hydroxylation is 2. The van der Waals surface area contributed by atoms with Crippen LogP contribution < -0.4 is 32.2 Å². The Balaban J connectivity index is 0.000000148.